The summed E-state index contributed by atoms with van der Waals surface area (Å²) in [7, 11) is 0. The molecule has 4 amide bonds. The van der Waals surface area contributed by atoms with Crippen LogP contribution in [0.4, 0.5) is 4.79 Å². The first kappa shape index (κ1) is 19.4. The summed E-state index contributed by atoms with van der Waals surface area (Å²) in [5, 5.41) is 2.88. The number of benzene rings is 1. The van der Waals surface area contributed by atoms with E-state index in [4.69, 9.17) is 0 Å². The molecule has 1 heterocycles. The number of amides is 4. The third-order valence-corrected chi connectivity index (χ3v) is 5.63. The Kier molecular flexibility index (Phi) is 5.82. The van der Waals surface area contributed by atoms with Crippen molar-refractivity contribution in [3.8, 4) is 0 Å². The maximum atomic E-state index is 13.2. The highest BCUT2D eigenvalue weighted by molar-refractivity contribution is 6.09. The number of aryl methyl sites for hydroxylation is 1. The second-order valence-electron chi connectivity index (χ2n) is 7.47. The molecule has 1 aliphatic heterocycles. The maximum Gasteiger partial charge on any atom is 0.325 e. The van der Waals surface area contributed by atoms with Crippen molar-refractivity contribution in [1.29, 1.82) is 0 Å². The van der Waals surface area contributed by atoms with Gasteiger partial charge in [0.1, 0.15) is 12.1 Å². The molecule has 1 fully saturated rings. The van der Waals surface area contributed by atoms with Crippen LogP contribution in [0.5, 0.6) is 0 Å². The van der Waals surface area contributed by atoms with Gasteiger partial charge in [-0.1, -0.05) is 51.0 Å². The zero-order chi connectivity index (χ0) is 19.4. The fourth-order valence-corrected chi connectivity index (χ4v) is 4.03. The Bertz CT molecular complexity index is 725. The van der Waals surface area contributed by atoms with E-state index in [0.717, 1.165) is 48.1 Å². The molecule has 0 bridgehead atoms. The molecule has 1 atom stereocenters. The number of nitrogens with one attached hydrogen (secondary N) is 1. The van der Waals surface area contributed by atoms with Crippen LogP contribution in [0.25, 0.3) is 0 Å². The van der Waals surface area contributed by atoms with E-state index in [2.05, 4.69) is 19.2 Å². The van der Waals surface area contributed by atoms with Crippen LogP contribution in [-0.4, -0.2) is 47.3 Å². The van der Waals surface area contributed by atoms with Crippen molar-refractivity contribution in [2.75, 3.05) is 19.6 Å². The SMILES string of the molecule is CCCCN(CCCC)C(=O)CN1C(=O)N[C@]2(CCc3ccccc32)C1=O. The van der Waals surface area contributed by atoms with Gasteiger partial charge in [0.2, 0.25) is 5.91 Å². The van der Waals surface area contributed by atoms with Crippen molar-refractivity contribution in [2.45, 2.75) is 57.9 Å². The van der Waals surface area contributed by atoms with Crippen molar-refractivity contribution in [2.24, 2.45) is 0 Å². The lowest BCUT2D eigenvalue weighted by molar-refractivity contribution is -0.139. The van der Waals surface area contributed by atoms with Crippen LogP contribution in [0.2, 0.25) is 0 Å². The van der Waals surface area contributed by atoms with E-state index in [0.29, 0.717) is 19.5 Å². The van der Waals surface area contributed by atoms with Crippen molar-refractivity contribution in [3.05, 3.63) is 35.4 Å². The number of fused-ring (bicyclic) bond motifs is 2. The van der Waals surface area contributed by atoms with Gasteiger partial charge in [0, 0.05) is 13.1 Å². The van der Waals surface area contributed by atoms with Crippen LogP contribution in [0, 0.1) is 0 Å². The molecule has 1 aliphatic carbocycles. The molecule has 0 aromatic heterocycles. The Labute approximate surface area is 160 Å². The number of hydrogen-bond acceptors (Lipinski definition) is 3. The van der Waals surface area contributed by atoms with Gasteiger partial charge in [0.25, 0.3) is 5.91 Å². The van der Waals surface area contributed by atoms with Crippen molar-refractivity contribution in [1.82, 2.24) is 15.1 Å². The number of unbranched alkanes of at least 4 members (excludes halogenated alkanes) is 2. The van der Waals surface area contributed by atoms with Crippen molar-refractivity contribution in [3.63, 3.8) is 0 Å². The van der Waals surface area contributed by atoms with Crippen LogP contribution < -0.4 is 5.32 Å². The summed E-state index contributed by atoms with van der Waals surface area (Å²) < 4.78 is 0. The minimum Gasteiger partial charge on any atom is -0.341 e. The first-order valence-corrected chi connectivity index (χ1v) is 10.0. The fourth-order valence-electron chi connectivity index (χ4n) is 4.03. The molecule has 1 N–H and O–H groups in total. The van der Waals surface area contributed by atoms with E-state index in [1.54, 1.807) is 4.90 Å². The third kappa shape index (κ3) is 3.57. The Morgan fingerprint density at radius 3 is 2.48 bits per heavy atom. The highest BCUT2D eigenvalue weighted by atomic mass is 16.2. The molecule has 1 saturated heterocycles. The molecule has 3 rings (SSSR count). The number of hydrogen-bond donors (Lipinski definition) is 1. The molecule has 6 heteroatoms. The Morgan fingerprint density at radius 2 is 1.81 bits per heavy atom. The topological polar surface area (TPSA) is 69.7 Å². The largest absolute Gasteiger partial charge is 0.341 e. The molecule has 0 saturated carbocycles. The van der Waals surface area contributed by atoms with Gasteiger partial charge in [-0.25, -0.2) is 4.79 Å². The van der Waals surface area contributed by atoms with Crippen LogP contribution in [0.15, 0.2) is 24.3 Å². The standard InChI is InChI=1S/C21H29N3O3/c1-3-5-13-23(14-6-4-2)18(25)15-24-19(26)21(22-20(24)27)12-11-16-9-7-8-10-17(16)21/h7-10H,3-6,11-15H2,1-2H3,(H,22,27)/t21-/m0/s1. The third-order valence-electron chi connectivity index (χ3n) is 5.63. The molecule has 0 radical (unpaired) electrons. The summed E-state index contributed by atoms with van der Waals surface area (Å²) in [6.45, 7) is 5.34. The molecular weight excluding hydrogens is 342 g/mol. The number of carbonyl (C=O) groups excluding carboxylic acids is 3. The lowest BCUT2D eigenvalue weighted by atomic mass is 9.92. The zero-order valence-corrected chi connectivity index (χ0v) is 16.3. The highest BCUT2D eigenvalue weighted by Gasteiger charge is 2.55. The van der Waals surface area contributed by atoms with Crippen LogP contribution >= 0.6 is 0 Å². The molecule has 146 valence electrons. The predicted molar refractivity (Wildman–Crippen MR) is 103 cm³/mol. The number of rotatable bonds is 8. The fraction of sp³-hybridized carbons (Fsp3) is 0.571. The summed E-state index contributed by atoms with van der Waals surface area (Å²) in [6, 6.07) is 7.27. The van der Waals surface area contributed by atoms with Gasteiger partial charge in [-0.3, -0.25) is 14.5 Å². The van der Waals surface area contributed by atoms with E-state index >= 15 is 0 Å². The first-order valence-electron chi connectivity index (χ1n) is 10.0. The van der Waals surface area contributed by atoms with Gasteiger partial charge < -0.3 is 10.2 Å². The van der Waals surface area contributed by atoms with E-state index < -0.39 is 11.6 Å². The van der Waals surface area contributed by atoms with Crippen LogP contribution in [0.3, 0.4) is 0 Å². The molecular formula is C21H29N3O3. The Hall–Kier alpha value is -2.37. The van der Waals surface area contributed by atoms with E-state index in [1.165, 1.54) is 0 Å². The molecule has 27 heavy (non-hydrogen) atoms. The minimum absolute atomic E-state index is 0.149. The lowest BCUT2D eigenvalue weighted by Gasteiger charge is -2.25. The molecule has 1 spiro atoms. The lowest BCUT2D eigenvalue weighted by Crippen LogP contribution is -2.45. The molecule has 1 aromatic carbocycles. The summed E-state index contributed by atoms with van der Waals surface area (Å²) >= 11 is 0. The van der Waals surface area contributed by atoms with E-state index in [-0.39, 0.29) is 18.4 Å². The summed E-state index contributed by atoms with van der Waals surface area (Å²) in [5.74, 6) is -0.444. The molecule has 6 nitrogen and oxygen atoms in total. The molecule has 2 aliphatic rings. The van der Waals surface area contributed by atoms with Crippen molar-refractivity contribution < 1.29 is 14.4 Å². The highest BCUT2D eigenvalue weighted by Crippen LogP contribution is 2.41. The molecule has 0 unspecified atom stereocenters. The van der Waals surface area contributed by atoms with Gasteiger partial charge in [0.15, 0.2) is 0 Å². The van der Waals surface area contributed by atoms with E-state index in [9.17, 15) is 14.4 Å². The second-order valence-corrected chi connectivity index (χ2v) is 7.47. The average molecular weight is 371 g/mol. The number of carbonyl (C=O) groups is 3. The van der Waals surface area contributed by atoms with Crippen LogP contribution in [0.1, 0.15) is 57.1 Å². The smallest absolute Gasteiger partial charge is 0.325 e. The van der Waals surface area contributed by atoms with Crippen LogP contribution in [-0.2, 0) is 21.5 Å². The summed E-state index contributed by atoms with van der Waals surface area (Å²) in [6.07, 6.45) is 5.15. The van der Waals surface area contributed by atoms with Gasteiger partial charge in [-0.15, -0.1) is 0 Å². The average Bonchev–Trinajstić information content (AvgIpc) is 3.15. The number of imide groups is 1. The monoisotopic (exact) mass is 371 g/mol. The van der Waals surface area contributed by atoms with Gasteiger partial charge >= 0.3 is 6.03 Å². The molecule has 1 aromatic rings. The second kappa shape index (κ2) is 8.11. The maximum absolute atomic E-state index is 13.2. The van der Waals surface area contributed by atoms with Gasteiger partial charge in [-0.05, 0) is 36.8 Å². The van der Waals surface area contributed by atoms with Gasteiger partial charge in [-0.2, -0.15) is 0 Å². The first-order chi connectivity index (χ1) is 13.0. The van der Waals surface area contributed by atoms with E-state index in [1.807, 2.05) is 24.3 Å². The summed E-state index contributed by atoms with van der Waals surface area (Å²) in [5.41, 5.74) is 0.963. The van der Waals surface area contributed by atoms with Gasteiger partial charge in [0.05, 0.1) is 0 Å². The van der Waals surface area contributed by atoms with Crippen molar-refractivity contribution >= 4 is 17.8 Å². The number of urea groups is 1. The number of nitrogens with zero attached hydrogens (tertiary/aromatic N) is 2. The Balaban J connectivity index is 1.75. The normalized spacial score (nSPS) is 20.9. The predicted octanol–water partition coefficient (Wildman–Crippen LogP) is 2.81. The zero-order valence-electron chi connectivity index (χ0n) is 16.3. The quantitative estimate of drug-likeness (QED) is 0.715. The Morgan fingerprint density at radius 1 is 1.15 bits per heavy atom. The summed E-state index contributed by atoms with van der Waals surface area (Å²) in [4.78, 5) is 41.4. The minimum atomic E-state index is -0.994.